The predicted octanol–water partition coefficient (Wildman–Crippen LogP) is 0.379. The van der Waals surface area contributed by atoms with Crippen LogP contribution in [0.5, 0.6) is 5.75 Å². The van der Waals surface area contributed by atoms with Gasteiger partial charge in [-0.15, -0.1) is 0 Å². The number of ether oxygens (including phenoxy) is 2. The molecule has 0 aromatic heterocycles. The van der Waals surface area contributed by atoms with Gasteiger partial charge in [-0.1, -0.05) is 35.9 Å². The van der Waals surface area contributed by atoms with Crippen molar-refractivity contribution in [3.63, 3.8) is 0 Å². The highest BCUT2D eigenvalue weighted by Gasteiger charge is 2.44. The molecule has 6 atom stereocenters. The van der Waals surface area contributed by atoms with Crippen molar-refractivity contribution in [2.24, 2.45) is 0 Å². The average Bonchev–Trinajstić information content (AvgIpc) is 2.81. The lowest BCUT2D eigenvalue weighted by Crippen LogP contribution is -2.55. The summed E-state index contributed by atoms with van der Waals surface area (Å²) in [5.41, 5.74) is 2.49. The van der Waals surface area contributed by atoms with E-state index in [-0.39, 0.29) is 12.1 Å². The molecule has 1 aliphatic heterocycles. The van der Waals surface area contributed by atoms with Crippen LogP contribution in [0.4, 0.5) is 0 Å². The summed E-state index contributed by atoms with van der Waals surface area (Å²) >= 11 is 6.35. The first-order valence-corrected chi connectivity index (χ1v) is 11.2. The Morgan fingerprint density at radius 3 is 2.15 bits per heavy atom. The van der Waals surface area contributed by atoms with Crippen molar-refractivity contribution in [3.8, 4) is 5.75 Å². The van der Waals surface area contributed by atoms with Gasteiger partial charge in [0.1, 0.15) is 36.3 Å². The SMILES string of the molecule is CCOc1ccc(Cc2cc([C@@H]3O[C@H](CO)[C@@H](O)[C@H](O)[C@H]3O)ccc2Cl)cc1.C[C@@H](O)CO.O. The second kappa shape index (κ2) is 14.6. The molecule has 0 aliphatic carbocycles. The van der Waals surface area contributed by atoms with Crippen molar-refractivity contribution in [2.45, 2.75) is 56.9 Å². The van der Waals surface area contributed by atoms with Gasteiger partial charge in [0, 0.05) is 5.02 Å². The molecule has 0 saturated carbocycles. The zero-order valence-corrected chi connectivity index (χ0v) is 20.0. The van der Waals surface area contributed by atoms with Crippen molar-refractivity contribution < 1.29 is 45.6 Å². The van der Waals surface area contributed by atoms with Gasteiger partial charge in [0.15, 0.2) is 0 Å². The largest absolute Gasteiger partial charge is 0.494 e. The van der Waals surface area contributed by atoms with Gasteiger partial charge in [-0.2, -0.15) is 0 Å². The standard InChI is InChI=1S/C21H25ClO6.C3H8O2.H2O/c1-2-27-15-6-3-12(4-7-15)9-14-10-13(5-8-16(14)22)21-20(26)19(25)18(24)17(11-23)28-21;1-3(5)2-4;/h3-8,10,17-21,23-26H,2,9,11H2,1H3;3-5H,2H2,1H3;1H2/t17-,18-,19+,20-,21+;3-;/m11./s1. The number of aliphatic hydroxyl groups excluding tert-OH is 6. The van der Waals surface area contributed by atoms with E-state index in [1.807, 2.05) is 37.3 Å². The van der Waals surface area contributed by atoms with Crippen LogP contribution < -0.4 is 4.74 Å². The second-order valence-electron chi connectivity index (χ2n) is 7.89. The Labute approximate surface area is 204 Å². The van der Waals surface area contributed by atoms with E-state index in [0.29, 0.717) is 23.6 Å². The minimum Gasteiger partial charge on any atom is -0.494 e. The molecule has 192 valence electrons. The summed E-state index contributed by atoms with van der Waals surface area (Å²) < 4.78 is 11.1. The third-order valence-corrected chi connectivity index (χ3v) is 5.55. The van der Waals surface area contributed by atoms with E-state index in [2.05, 4.69) is 0 Å². The lowest BCUT2D eigenvalue weighted by atomic mass is 9.90. The molecule has 0 amide bonds. The second-order valence-corrected chi connectivity index (χ2v) is 8.29. The summed E-state index contributed by atoms with van der Waals surface area (Å²) in [6.45, 7) is 3.46. The quantitative estimate of drug-likeness (QED) is 0.315. The summed E-state index contributed by atoms with van der Waals surface area (Å²) in [6, 6.07) is 12.9. The van der Waals surface area contributed by atoms with Crippen LogP contribution in [0.3, 0.4) is 0 Å². The molecule has 0 radical (unpaired) electrons. The minimum atomic E-state index is -1.42. The van der Waals surface area contributed by atoms with Gasteiger partial charge in [-0.3, -0.25) is 0 Å². The topological polar surface area (TPSA) is 171 Å². The highest BCUT2D eigenvalue weighted by molar-refractivity contribution is 6.31. The molecule has 1 fully saturated rings. The average molecular weight is 503 g/mol. The van der Waals surface area contributed by atoms with Crippen molar-refractivity contribution in [1.82, 2.24) is 0 Å². The molecule has 1 aliphatic rings. The van der Waals surface area contributed by atoms with Gasteiger partial charge < -0.3 is 45.6 Å². The monoisotopic (exact) mass is 502 g/mol. The van der Waals surface area contributed by atoms with Crippen LogP contribution in [0.25, 0.3) is 0 Å². The molecule has 3 rings (SSSR count). The molecule has 8 N–H and O–H groups in total. The highest BCUT2D eigenvalue weighted by atomic mass is 35.5. The number of hydrogen-bond donors (Lipinski definition) is 6. The normalized spacial score (nSPS) is 24.9. The van der Waals surface area contributed by atoms with Crippen molar-refractivity contribution in [1.29, 1.82) is 0 Å². The Morgan fingerprint density at radius 1 is 1.00 bits per heavy atom. The molecule has 2 aromatic carbocycles. The van der Waals surface area contributed by atoms with E-state index in [0.717, 1.165) is 16.9 Å². The fraction of sp³-hybridized carbons (Fsp3) is 0.500. The van der Waals surface area contributed by atoms with E-state index in [1.54, 1.807) is 12.1 Å². The maximum atomic E-state index is 10.3. The fourth-order valence-corrected chi connectivity index (χ4v) is 3.56. The molecule has 10 heteroatoms. The Morgan fingerprint density at radius 2 is 1.62 bits per heavy atom. The van der Waals surface area contributed by atoms with Gasteiger partial charge in [0.2, 0.25) is 0 Å². The maximum Gasteiger partial charge on any atom is 0.119 e. The van der Waals surface area contributed by atoms with Gasteiger partial charge >= 0.3 is 0 Å². The highest BCUT2D eigenvalue weighted by Crippen LogP contribution is 2.34. The van der Waals surface area contributed by atoms with E-state index >= 15 is 0 Å². The Hall–Kier alpha value is -1.79. The van der Waals surface area contributed by atoms with Gasteiger partial charge in [0.25, 0.3) is 0 Å². The third-order valence-electron chi connectivity index (χ3n) is 5.18. The van der Waals surface area contributed by atoms with Crippen LogP contribution in [-0.4, -0.2) is 86.5 Å². The number of aliphatic hydroxyl groups is 6. The van der Waals surface area contributed by atoms with Crippen LogP contribution in [0.1, 0.15) is 36.6 Å². The zero-order valence-electron chi connectivity index (χ0n) is 19.2. The van der Waals surface area contributed by atoms with Gasteiger partial charge in [-0.05, 0) is 55.2 Å². The van der Waals surface area contributed by atoms with Crippen LogP contribution >= 0.6 is 11.6 Å². The third kappa shape index (κ3) is 8.16. The van der Waals surface area contributed by atoms with E-state index in [9.17, 15) is 20.4 Å². The first-order chi connectivity index (χ1) is 15.7. The van der Waals surface area contributed by atoms with Crippen molar-refractivity contribution >= 4 is 11.6 Å². The molecular formula is C24H35ClO9. The molecule has 0 unspecified atom stereocenters. The molecular weight excluding hydrogens is 468 g/mol. The van der Waals surface area contributed by atoms with E-state index in [4.69, 9.17) is 31.3 Å². The smallest absolute Gasteiger partial charge is 0.119 e. The van der Waals surface area contributed by atoms with Crippen LogP contribution in [0, 0.1) is 0 Å². The first-order valence-electron chi connectivity index (χ1n) is 10.8. The van der Waals surface area contributed by atoms with Crippen LogP contribution in [-0.2, 0) is 11.2 Å². The Bertz CT molecular complexity index is 845. The lowest BCUT2D eigenvalue weighted by Gasteiger charge is -2.40. The first kappa shape index (κ1) is 30.2. The Kier molecular flexibility index (Phi) is 13.0. The number of halogens is 1. The molecule has 1 saturated heterocycles. The molecule has 9 nitrogen and oxygen atoms in total. The fourth-order valence-electron chi connectivity index (χ4n) is 3.37. The number of hydrogen-bond acceptors (Lipinski definition) is 8. The van der Waals surface area contributed by atoms with Crippen molar-refractivity contribution in [3.05, 3.63) is 64.2 Å². The van der Waals surface area contributed by atoms with Gasteiger partial charge in [-0.25, -0.2) is 0 Å². The Balaban J connectivity index is 0.000000873. The zero-order chi connectivity index (χ0) is 24.5. The number of benzene rings is 2. The molecule has 2 aromatic rings. The maximum absolute atomic E-state index is 10.3. The molecule has 0 spiro atoms. The van der Waals surface area contributed by atoms with Crippen molar-refractivity contribution in [2.75, 3.05) is 19.8 Å². The molecule has 34 heavy (non-hydrogen) atoms. The molecule has 1 heterocycles. The summed E-state index contributed by atoms with van der Waals surface area (Å²) in [7, 11) is 0. The lowest BCUT2D eigenvalue weighted by molar-refractivity contribution is -0.231. The summed E-state index contributed by atoms with van der Waals surface area (Å²) in [5.74, 6) is 0.799. The summed E-state index contributed by atoms with van der Waals surface area (Å²) in [5, 5.41) is 56.3. The van der Waals surface area contributed by atoms with Crippen LogP contribution in [0.2, 0.25) is 5.02 Å². The predicted molar refractivity (Wildman–Crippen MR) is 127 cm³/mol. The van der Waals surface area contributed by atoms with E-state index in [1.165, 1.54) is 6.92 Å². The van der Waals surface area contributed by atoms with E-state index < -0.39 is 43.2 Å². The summed E-state index contributed by atoms with van der Waals surface area (Å²) in [6.07, 6.45) is -5.95. The van der Waals surface area contributed by atoms with Gasteiger partial charge in [0.05, 0.1) is 25.9 Å². The summed E-state index contributed by atoms with van der Waals surface area (Å²) in [4.78, 5) is 0. The molecule has 0 bridgehead atoms. The minimum absolute atomic E-state index is 0. The number of rotatable bonds is 7. The van der Waals surface area contributed by atoms with Crippen LogP contribution in [0.15, 0.2) is 42.5 Å².